The van der Waals surface area contributed by atoms with E-state index in [1.165, 1.54) is 18.2 Å². The molecule has 104 valence electrons. The average Bonchev–Trinajstić information content (AvgIpc) is 2.80. The molecule has 0 aromatic heterocycles. The van der Waals surface area contributed by atoms with E-state index in [0.29, 0.717) is 18.8 Å². The molecule has 1 N–H and O–H groups in total. The van der Waals surface area contributed by atoms with Crippen molar-refractivity contribution in [1.82, 2.24) is 0 Å². The van der Waals surface area contributed by atoms with Gasteiger partial charge in [0, 0.05) is 6.61 Å². The lowest BCUT2D eigenvalue weighted by Gasteiger charge is -2.10. The van der Waals surface area contributed by atoms with Gasteiger partial charge in [0.2, 0.25) is 0 Å². The highest BCUT2D eigenvalue weighted by Crippen LogP contribution is 2.22. The molecule has 1 heterocycles. The molecule has 0 radical (unpaired) electrons. The predicted octanol–water partition coefficient (Wildman–Crippen LogP) is 1.50. The first-order valence-corrected chi connectivity index (χ1v) is 7.70. The summed E-state index contributed by atoms with van der Waals surface area (Å²) in [7, 11) is -3.38. The predicted molar refractivity (Wildman–Crippen MR) is 69.1 cm³/mol. The minimum atomic E-state index is -3.38. The van der Waals surface area contributed by atoms with Crippen molar-refractivity contribution < 1.29 is 23.1 Å². The van der Waals surface area contributed by atoms with E-state index >= 15 is 0 Å². The standard InChI is InChI=1S/C13H16O5S/c1-9-6-11(2-3-12(9)13(14)15)19(16,17)8-10-4-5-18-7-10/h2-3,6,10H,4-5,7-8H2,1H3,(H,14,15). The summed E-state index contributed by atoms with van der Waals surface area (Å²) < 4.78 is 29.6. The third-order valence-corrected chi connectivity index (χ3v) is 5.15. The number of aromatic carboxylic acids is 1. The van der Waals surface area contributed by atoms with Gasteiger partial charge < -0.3 is 9.84 Å². The number of hydrogen-bond acceptors (Lipinski definition) is 4. The highest BCUT2D eigenvalue weighted by molar-refractivity contribution is 7.91. The molecule has 0 aliphatic carbocycles. The molecule has 19 heavy (non-hydrogen) atoms. The summed E-state index contributed by atoms with van der Waals surface area (Å²) in [5, 5.41) is 8.92. The van der Waals surface area contributed by atoms with E-state index in [-0.39, 0.29) is 22.1 Å². The summed E-state index contributed by atoms with van der Waals surface area (Å²) in [5.41, 5.74) is 0.583. The zero-order valence-corrected chi connectivity index (χ0v) is 11.4. The lowest BCUT2D eigenvalue weighted by molar-refractivity contribution is 0.0696. The van der Waals surface area contributed by atoms with Crippen molar-refractivity contribution in [2.24, 2.45) is 5.92 Å². The van der Waals surface area contributed by atoms with Crippen LogP contribution in [0.3, 0.4) is 0 Å². The largest absolute Gasteiger partial charge is 0.478 e. The van der Waals surface area contributed by atoms with Crippen LogP contribution in [0.15, 0.2) is 23.1 Å². The maximum absolute atomic E-state index is 12.2. The number of rotatable bonds is 4. The van der Waals surface area contributed by atoms with Gasteiger partial charge in [-0.15, -0.1) is 0 Å². The fourth-order valence-electron chi connectivity index (χ4n) is 2.19. The third-order valence-electron chi connectivity index (χ3n) is 3.27. The van der Waals surface area contributed by atoms with Gasteiger partial charge in [-0.2, -0.15) is 0 Å². The Hall–Kier alpha value is -1.40. The van der Waals surface area contributed by atoms with Crippen molar-refractivity contribution in [3.63, 3.8) is 0 Å². The molecule has 1 unspecified atom stereocenters. The normalized spacial score (nSPS) is 19.5. The maximum Gasteiger partial charge on any atom is 0.335 e. The van der Waals surface area contributed by atoms with Crippen LogP contribution in [-0.2, 0) is 14.6 Å². The van der Waals surface area contributed by atoms with Crippen LogP contribution in [0.25, 0.3) is 0 Å². The topological polar surface area (TPSA) is 80.7 Å². The Morgan fingerprint density at radius 2 is 2.21 bits per heavy atom. The smallest absolute Gasteiger partial charge is 0.335 e. The first-order chi connectivity index (χ1) is 8.90. The van der Waals surface area contributed by atoms with Gasteiger partial charge in [0.15, 0.2) is 9.84 Å². The molecule has 1 aromatic carbocycles. The van der Waals surface area contributed by atoms with Crippen LogP contribution in [0.1, 0.15) is 22.3 Å². The second-order valence-electron chi connectivity index (χ2n) is 4.79. The fourth-order valence-corrected chi connectivity index (χ4v) is 3.90. The van der Waals surface area contributed by atoms with Crippen LogP contribution in [0.2, 0.25) is 0 Å². The van der Waals surface area contributed by atoms with Crippen LogP contribution < -0.4 is 0 Å². The van der Waals surface area contributed by atoms with Crippen LogP contribution >= 0.6 is 0 Å². The van der Waals surface area contributed by atoms with Gasteiger partial charge in [-0.05, 0) is 43.0 Å². The SMILES string of the molecule is Cc1cc(S(=O)(=O)CC2CCOC2)ccc1C(=O)O. The first-order valence-electron chi connectivity index (χ1n) is 6.04. The molecule has 0 saturated carbocycles. The summed E-state index contributed by atoms with van der Waals surface area (Å²) in [6.45, 7) is 2.68. The van der Waals surface area contributed by atoms with Crippen LogP contribution in [0.5, 0.6) is 0 Å². The Morgan fingerprint density at radius 1 is 1.47 bits per heavy atom. The molecule has 2 rings (SSSR count). The van der Waals surface area contributed by atoms with Gasteiger partial charge in [-0.1, -0.05) is 0 Å². The van der Waals surface area contributed by atoms with E-state index in [9.17, 15) is 13.2 Å². The summed E-state index contributed by atoms with van der Waals surface area (Å²) in [5.74, 6) is -0.964. The fraction of sp³-hybridized carbons (Fsp3) is 0.462. The number of ether oxygens (including phenoxy) is 1. The summed E-state index contributed by atoms with van der Waals surface area (Å²) in [4.78, 5) is 11.1. The Morgan fingerprint density at radius 3 is 2.74 bits per heavy atom. The molecule has 1 fully saturated rings. The summed E-state index contributed by atoms with van der Waals surface area (Å²) in [6.07, 6.45) is 0.755. The molecule has 1 atom stereocenters. The Labute approximate surface area is 112 Å². The maximum atomic E-state index is 12.2. The number of aryl methyl sites for hydroxylation is 1. The Kier molecular flexibility index (Phi) is 3.91. The number of benzene rings is 1. The molecule has 1 aromatic rings. The zero-order chi connectivity index (χ0) is 14.0. The molecule has 1 aliphatic rings. The third kappa shape index (κ3) is 3.13. The highest BCUT2D eigenvalue weighted by Gasteiger charge is 2.25. The number of sulfone groups is 1. The van der Waals surface area contributed by atoms with Crippen LogP contribution in [-0.4, -0.2) is 38.5 Å². The number of carboxylic acid groups (broad SMARTS) is 1. The van der Waals surface area contributed by atoms with Gasteiger partial charge in [-0.3, -0.25) is 0 Å². The molecule has 1 aliphatic heterocycles. The second-order valence-corrected chi connectivity index (χ2v) is 6.83. The lowest BCUT2D eigenvalue weighted by Crippen LogP contribution is -2.17. The van der Waals surface area contributed by atoms with Gasteiger partial charge in [-0.25, -0.2) is 13.2 Å². The molecule has 6 heteroatoms. The van der Waals surface area contributed by atoms with E-state index in [1.807, 2.05) is 0 Å². The van der Waals surface area contributed by atoms with Crippen LogP contribution in [0, 0.1) is 12.8 Å². The lowest BCUT2D eigenvalue weighted by atomic mass is 10.1. The van der Waals surface area contributed by atoms with Crippen molar-refractivity contribution in [3.8, 4) is 0 Å². The second kappa shape index (κ2) is 5.30. The van der Waals surface area contributed by atoms with Crippen molar-refractivity contribution in [2.75, 3.05) is 19.0 Å². The van der Waals surface area contributed by atoms with Gasteiger partial charge in [0.25, 0.3) is 0 Å². The zero-order valence-electron chi connectivity index (χ0n) is 10.6. The van der Waals surface area contributed by atoms with E-state index < -0.39 is 15.8 Å². The number of hydrogen-bond donors (Lipinski definition) is 1. The Balaban J connectivity index is 2.25. The van der Waals surface area contributed by atoms with E-state index in [2.05, 4.69) is 0 Å². The van der Waals surface area contributed by atoms with Crippen molar-refractivity contribution in [1.29, 1.82) is 0 Å². The molecule has 0 spiro atoms. The average molecular weight is 284 g/mol. The van der Waals surface area contributed by atoms with Gasteiger partial charge >= 0.3 is 5.97 Å². The molecule has 1 saturated heterocycles. The molecule has 0 bridgehead atoms. The number of carbonyl (C=O) groups is 1. The number of carboxylic acids is 1. The quantitative estimate of drug-likeness (QED) is 0.906. The van der Waals surface area contributed by atoms with Crippen molar-refractivity contribution >= 4 is 15.8 Å². The van der Waals surface area contributed by atoms with Crippen LogP contribution in [0.4, 0.5) is 0 Å². The van der Waals surface area contributed by atoms with Gasteiger partial charge in [0.1, 0.15) is 0 Å². The molecular formula is C13H16O5S. The monoisotopic (exact) mass is 284 g/mol. The van der Waals surface area contributed by atoms with Crippen molar-refractivity contribution in [2.45, 2.75) is 18.2 Å². The summed E-state index contributed by atoms with van der Waals surface area (Å²) in [6, 6.07) is 4.13. The molecular weight excluding hydrogens is 268 g/mol. The Bertz CT molecular complexity index is 585. The highest BCUT2D eigenvalue weighted by atomic mass is 32.2. The minimum absolute atomic E-state index is 0.0319. The van der Waals surface area contributed by atoms with E-state index in [4.69, 9.17) is 9.84 Å². The van der Waals surface area contributed by atoms with E-state index in [1.54, 1.807) is 6.92 Å². The minimum Gasteiger partial charge on any atom is -0.478 e. The summed E-state index contributed by atoms with van der Waals surface area (Å²) >= 11 is 0. The molecule has 0 amide bonds. The van der Waals surface area contributed by atoms with E-state index in [0.717, 1.165) is 6.42 Å². The van der Waals surface area contributed by atoms with Gasteiger partial charge in [0.05, 0.1) is 22.8 Å². The first kappa shape index (κ1) is 14.0. The molecule has 5 nitrogen and oxygen atoms in total. The van der Waals surface area contributed by atoms with Crippen molar-refractivity contribution in [3.05, 3.63) is 29.3 Å².